The molecular weight excluding hydrogens is 140 g/mol. The number of anilines is 1. The molecule has 56 valence electrons. The zero-order chi connectivity index (χ0) is 7.84. The van der Waals surface area contributed by atoms with E-state index in [1.165, 1.54) is 0 Å². The molecule has 11 heavy (non-hydrogen) atoms. The molecule has 2 aromatic rings. The summed E-state index contributed by atoms with van der Waals surface area (Å²) in [4.78, 5) is 11.0. The molecule has 0 aliphatic carbocycles. The Labute approximate surface area is 63.5 Å². The summed E-state index contributed by atoms with van der Waals surface area (Å²) in [5.41, 5.74) is 7.95. The molecule has 0 aliphatic rings. The van der Waals surface area contributed by atoms with Crippen LogP contribution in [0.2, 0.25) is 0 Å². The maximum absolute atomic E-state index is 5.43. The first-order chi connectivity index (χ1) is 5.25. The van der Waals surface area contributed by atoms with Crippen molar-refractivity contribution in [2.24, 2.45) is 0 Å². The van der Waals surface area contributed by atoms with Gasteiger partial charge in [0, 0.05) is 5.69 Å². The molecule has 0 bridgehead atoms. The molecule has 4 nitrogen and oxygen atoms in total. The Balaban J connectivity index is 2.82. The summed E-state index contributed by atoms with van der Waals surface area (Å²) < 4.78 is 0. The molecule has 0 atom stereocenters. The molecule has 4 heteroatoms. The molecule has 0 aromatic carbocycles. The Morgan fingerprint density at radius 3 is 3.00 bits per heavy atom. The SMILES string of the molecule is Cc1ccc2[nH]c(N)nc2n1. The molecular formula is C7H8N4. The molecule has 0 radical (unpaired) electrons. The number of aromatic nitrogens is 3. The van der Waals surface area contributed by atoms with Gasteiger partial charge >= 0.3 is 0 Å². The van der Waals surface area contributed by atoms with Crippen molar-refractivity contribution in [2.45, 2.75) is 6.92 Å². The summed E-state index contributed by atoms with van der Waals surface area (Å²) in [5.74, 6) is 0.415. The summed E-state index contributed by atoms with van der Waals surface area (Å²) >= 11 is 0. The van der Waals surface area contributed by atoms with Crippen LogP contribution in [-0.2, 0) is 0 Å². The first kappa shape index (κ1) is 6.15. The third-order valence-electron chi connectivity index (χ3n) is 1.50. The third-order valence-corrected chi connectivity index (χ3v) is 1.50. The molecule has 0 amide bonds. The molecule has 0 fully saturated rings. The maximum atomic E-state index is 5.43. The van der Waals surface area contributed by atoms with Crippen LogP contribution in [0.4, 0.5) is 5.95 Å². The number of hydrogen-bond donors (Lipinski definition) is 2. The second kappa shape index (κ2) is 1.95. The highest BCUT2D eigenvalue weighted by atomic mass is 15.1. The van der Waals surface area contributed by atoms with Gasteiger partial charge in [0.15, 0.2) is 11.6 Å². The van der Waals surface area contributed by atoms with Crippen molar-refractivity contribution in [3.8, 4) is 0 Å². The lowest BCUT2D eigenvalue weighted by Crippen LogP contribution is -1.84. The molecule has 0 spiro atoms. The fraction of sp³-hybridized carbons (Fsp3) is 0.143. The van der Waals surface area contributed by atoms with Gasteiger partial charge in [0.1, 0.15) is 0 Å². The zero-order valence-electron chi connectivity index (χ0n) is 6.13. The van der Waals surface area contributed by atoms with Gasteiger partial charge in [-0.25, -0.2) is 4.98 Å². The van der Waals surface area contributed by atoms with E-state index in [-0.39, 0.29) is 0 Å². The Hall–Kier alpha value is -1.58. The van der Waals surface area contributed by atoms with E-state index in [1.807, 2.05) is 19.1 Å². The highest BCUT2D eigenvalue weighted by Crippen LogP contribution is 2.09. The monoisotopic (exact) mass is 148 g/mol. The molecule has 2 heterocycles. The fourth-order valence-corrected chi connectivity index (χ4v) is 1.01. The van der Waals surface area contributed by atoms with E-state index in [9.17, 15) is 0 Å². The number of imidazole rings is 1. The number of fused-ring (bicyclic) bond motifs is 1. The predicted octanol–water partition coefficient (Wildman–Crippen LogP) is 0.849. The summed E-state index contributed by atoms with van der Waals surface area (Å²) in [7, 11) is 0. The Bertz CT molecular complexity index is 390. The van der Waals surface area contributed by atoms with E-state index >= 15 is 0 Å². The number of pyridine rings is 1. The predicted molar refractivity (Wildman–Crippen MR) is 43.0 cm³/mol. The highest BCUT2D eigenvalue weighted by molar-refractivity contribution is 5.72. The number of hydrogen-bond acceptors (Lipinski definition) is 3. The number of aromatic amines is 1. The van der Waals surface area contributed by atoms with Crippen LogP contribution in [0.25, 0.3) is 11.2 Å². The van der Waals surface area contributed by atoms with Gasteiger partial charge < -0.3 is 10.7 Å². The van der Waals surface area contributed by atoms with E-state index in [4.69, 9.17) is 5.73 Å². The average Bonchev–Trinajstić information content (AvgIpc) is 2.27. The third kappa shape index (κ3) is 0.920. The van der Waals surface area contributed by atoms with Crippen molar-refractivity contribution >= 4 is 17.1 Å². The summed E-state index contributed by atoms with van der Waals surface area (Å²) in [5, 5.41) is 0. The van der Waals surface area contributed by atoms with Crippen LogP contribution in [0.3, 0.4) is 0 Å². The van der Waals surface area contributed by atoms with Crippen molar-refractivity contribution in [3.05, 3.63) is 17.8 Å². The van der Waals surface area contributed by atoms with Crippen molar-refractivity contribution in [1.82, 2.24) is 15.0 Å². The topological polar surface area (TPSA) is 67.6 Å². The minimum Gasteiger partial charge on any atom is -0.369 e. The molecule has 0 aliphatic heterocycles. The Morgan fingerprint density at radius 2 is 2.18 bits per heavy atom. The summed E-state index contributed by atoms with van der Waals surface area (Å²) in [6, 6.07) is 3.83. The number of nitrogens with two attached hydrogens (primary N) is 1. The van der Waals surface area contributed by atoms with E-state index < -0.39 is 0 Å². The lowest BCUT2D eigenvalue weighted by Gasteiger charge is -1.88. The number of nitrogen functional groups attached to an aromatic ring is 1. The molecule has 0 saturated carbocycles. The van der Waals surface area contributed by atoms with Gasteiger partial charge in [0.25, 0.3) is 0 Å². The van der Waals surface area contributed by atoms with Crippen molar-refractivity contribution in [3.63, 3.8) is 0 Å². The fourth-order valence-electron chi connectivity index (χ4n) is 1.01. The second-order valence-electron chi connectivity index (χ2n) is 2.45. The van der Waals surface area contributed by atoms with Gasteiger partial charge in [-0.3, -0.25) is 0 Å². The van der Waals surface area contributed by atoms with Crippen LogP contribution in [0.15, 0.2) is 12.1 Å². The van der Waals surface area contributed by atoms with E-state index in [1.54, 1.807) is 0 Å². The Morgan fingerprint density at radius 1 is 1.36 bits per heavy atom. The normalized spacial score (nSPS) is 10.6. The number of rotatable bonds is 0. The molecule has 0 saturated heterocycles. The number of aryl methyl sites for hydroxylation is 1. The van der Waals surface area contributed by atoms with Crippen molar-refractivity contribution in [1.29, 1.82) is 0 Å². The maximum Gasteiger partial charge on any atom is 0.200 e. The summed E-state index contributed by atoms with van der Waals surface area (Å²) in [6.45, 7) is 1.92. The standard InChI is InChI=1S/C7H8N4/c1-4-2-3-5-6(9-4)11-7(8)10-5/h2-3H,1H3,(H3,8,9,10,11). The van der Waals surface area contributed by atoms with Gasteiger partial charge in [-0.15, -0.1) is 0 Å². The van der Waals surface area contributed by atoms with Crippen LogP contribution in [0.1, 0.15) is 5.69 Å². The molecule has 0 unspecified atom stereocenters. The Kier molecular flexibility index (Phi) is 1.09. The molecule has 3 N–H and O–H groups in total. The largest absolute Gasteiger partial charge is 0.369 e. The minimum absolute atomic E-state index is 0.415. The van der Waals surface area contributed by atoms with Crippen LogP contribution < -0.4 is 5.73 Å². The number of H-pyrrole nitrogens is 1. The van der Waals surface area contributed by atoms with E-state index in [2.05, 4.69) is 15.0 Å². The van der Waals surface area contributed by atoms with Gasteiger partial charge in [-0.1, -0.05) is 0 Å². The number of nitrogens with zero attached hydrogens (tertiary/aromatic N) is 2. The molecule has 2 rings (SSSR count). The van der Waals surface area contributed by atoms with E-state index in [0.717, 1.165) is 11.2 Å². The smallest absolute Gasteiger partial charge is 0.200 e. The first-order valence-corrected chi connectivity index (χ1v) is 3.34. The van der Waals surface area contributed by atoms with Gasteiger partial charge in [-0.05, 0) is 19.1 Å². The minimum atomic E-state index is 0.415. The lowest BCUT2D eigenvalue weighted by atomic mass is 10.4. The van der Waals surface area contributed by atoms with Gasteiger partial charge in [0.05, 0.1) is 5.52 Å². The van der Waals surface area contributed by atoms with Crippen LogP contribution in [0, 0.1) is 6.92 Å². The van der Waals surface area contributed by atoms with Crippen LogP contribution >= 0.6 is 0 Å². The summed E-state index contributed by atoms with van der Waals surface area (Å²) in [6.07, 6.45) is 0. The van der Waals surface area contributed by atoms with Crippen molar-refractivity contribution in [2.75, 3.05) is 5.73 Å². The average molecular weight is 148 g/mol. The van der Waals surface area contributed by atoms with Gasteiger partial charge in [-0.2, -0.15) is 4.98 Å². The second-order valence-corrected chi connectivity index (χ2v) is 2.45. The van der Waals surface area contributed by atoms with Crippen LogP contribution in [-0.4, -0.2) is 15.0 Å². The highest BCUT2D eigenvalue weighted by Gasteiger charge is 1.98. The van der Waals surface area contributed by atoms with E-state index in [0.29, 0.717) is 11.6 Å². The number of nitrogens with one attached hydrogen (secondary N) is 1. The first-order valence-electron chi connectivity index (χ1n) is 3.34. The van der Waals surface area contributed by atoms with Crippen molar-refractivity contribution < 1.29 is 0 Å². The van der Waals surface area contributed by atoms with Gasteiger partial charge in [0.2, 0.25) is 0 Å². The lowest BCUT2D eigenvalue weighted by molar-refractivity contribution is 1.22. The van der Waals surface area contributed by atoms with Crippen LogP contribution in [0.5, 0.6) is 0 Å². The zero-order valence-corrected chi connectivity index (χ0v) is 6.13. The quantitative estimate of drug-likeness (QED) is 0.582. The molecule has 2 aromatic heterocycles.